The zero-order chi connectivity index (χ0) is 14.3. The van der Waals surface area contributed by atoms with Crippen molar-refractivity contribution in [3.05, 3.63) is 11.9 Å². The molecule has 1 heterocycles. The van der Waals surface area contributed by atoms with Crippen molar-refractivity contribution in [1.29, 1.82) is 0 Å². The van der Waals surface area contributed by atoms with Crippen molar-refractivity contribution < 1.29 is 9.47 Å². The molecule has 0 radical (unpaired) electrons. The van der Waals surface area contributed by atoms with Crippen LogP contribution in [-0.2, 0) is 6.54 Å². The third kappa shape index (κ3) is 5.00. The lowest BCUT2D eigenvalue weighted by Crippen LogP contribution is -2.29. The lowest BCUT2D eigenvalue weighted by molar-refractivity contribution is 0.347. The number of hydrogen-bond donors (Lipinski definition) is 1. The van der Waals surface area contributed by atoms with Crippen LogP contribution < -0.4 is 14.8 Å². The van der Waals surface area contributed by atoms with Gasteiger partial charge in [0, 0.05) is 12.6 Å². The summed E-state index contributed by atoms with van der Waals surface area (Å²) >= 11 is 0. The maximum atomic E-state index is 5.24. The van der Waals surface area contributed by atoms with Gasteiger partial charge >= 0.3 is 0 Å². The third-order valence-electron chi connectivity index (χ3n) is 2.89. The first-order valence-corrected chi connectivity index (χ1v) is 6.38. The standard InChI is InChI=1S/C13H24N4O2/c1-10(6-7-17(2)3)14-8-11-12(18-4)15-9-16-13(11)19-5/h9-10,14H,6-8H2,1-5H3. The molecule has 1 rings (SSSR count). The van der Waals surface area contributed by atoms with Crippen LogP contribution >= 0.6 is 0 Å². The summed E-state index contributed by atoms with van der Waals surface area (Å²) in [6.45, 7) is 3.84. The van der Waals surface area contributed by atoms with E-state index < -0.39 is 0 Å². The van der Waals surface area contributed by atoms with Gasteiger partial charge in [-0.1, -0.05) is 0 Å². The van der Waals surface area contributed by atoms with Gasteiger partial charge in [0.1, 0.15) is 6.33 Å². The second-order valence-electron chi connectivity index (χ2n) is 4.74. The number of methoxy groups -OCH3 is 2. The summed E-state index contributed by atoms with van der Waals surface area (Å²) in [4.78, 5) is 10.4. The van der Waals surface area contributed by atoms with E-state index in [0.29, 0.717) is 24.3 Å². The highest BCUT2D eigenvalue weighted by Gasteiger charge is 2.13. The van der Waals surface area contributed by atoms with E-state index >= 15 is 0 Å². The van der Waals surface area contributed by atoms with Crippen molar-refractivity contribution in [3.8, 4) is 11.8 Å². The second-order valence-corrected chi connectivity index (χ2v) is 4.74. The summed E-state index contributed by atoms with van der Waals surface area (Å²) in [5.41, 5.74) is 0.851. The number of ether oxygens (including phenoxy) is 2. The molecule has 0 aliphatic rings. The highest BCUT2D eigenvalue weighted by molar-refractivity contribution is 5.34. The van der Waals surface area contributed by atoms with Gasteiger partial charge in [-0.05, 0) is 34.0 Å². The van der Waals surface area contributed by atoms with Gasteiger partial charge in [0.2, 0.25) is 11.8 Å². The average molecular weight is 268 g/mol. The Morgan fingerprint density at radius 1 is 1.21 bits per heavy atom. The van der Waals surface area contributed by atoms with Crippen molar-refractivity contribution in [1.82, 2.24) is 20.2 Å². The van der Waals surface area contributed by atoms with Gasteiger partial charge in [-0.25, -0.2) is 9.97 Å². The normalized spacial score (nSPS) is 12.5. The van der Waals surface area contributed by atoms with Gasteiger partial charge in [-0.2, -0.15) is 0 Å². The van der Waals surface area contributed by atoms with Crippen LogP contribution in [-0.4, -0.2) is 55.8 Å². The number of rotatable bonds is 8. The Bertz CT molecular complexity index is 363. The summed E-state index contributed by atoms with van der Waals surface area (Å²) < 4.78 is 10.5. The van der Waals surface area contributed by atoms with E-state index in [2.05, 4.69) is 41.2 Å². The second kappa shape index (κ2) is 7.91. The van der Waals surface area contributed by atoms with Crippen LogP contribution in [0.15, 0.2) is 6.33 Å². The molecule has 1 atom stereocenters. The molecule has 6 nitrogen and oxygen atoms in total. The van der Waals surface area contributed by atoms with E-state index in [-0.39, 0.29) is 0 Å². The Kier molecular flexibility index (Phi) is 6.52. The molecule has 1 aromatic heterocycles. The van der Waals surface area contributed by atoms with E-state index in [1.165, 1.54) is 6.33 Å². The summed E-state index contributed by atoms with van der Waals surface area (Å²) in [6.07, 6.45) is 2.52. The molecule has 0 aliphatic carbocycles. The van der Waals surface area contributed by atoms with Crippen LogP contribution in [0.1, 0.15) is 18.9 Å². The third-order valence-corrected chi connectivity index (χ3v) is 2.89. The minimum absolute atomic E-state index is 0.400. The first-order chi connectivity index (χ1) is 9.08. The Balaban J connectivity index is 2.61. The maximum absolute atomic E-state index is 5.24. The molecule has 0 aromatic carbocycles. The molecule has 0 saturated heterocycles. The van der Waals surface area contributed by atoms with Crippen LogP contribution in [0.4, 0.5) is 0 Å². The van der Waals surface area contributed by atoms with E-state index in [1.807, 2.05) is 0 Å². The smallest absolute Gasteiger partial charge is 0.224 e. The number of nitrogens with zero attached hydrogens (tertiary/aromatic N) is 3. The molecule has 108 valence electrons. The minimum atomic E-state index is 0.400. The molecule has 0 aliphatic heterocycles. The molecule has 0 bridgehead atoms. The molecule has 0 amide bonds. The number of hydrogen-bond acceptors (Lipinski definition) is 6. The lowest BCUT2D eigenvalue weighted by atomic mass is 10.2. The summed E-state index contributed by atoms with van der Waals surface area (Å²) in [6, 6.07) is 0.400. The molecule has 1 N–H and O–H groups in total. The predicted octanol–water partition coefficient (Wildman–Crippen LogP) is 0.924. The fraction of sp³-hybridized carbons (Fsp3) is 0.692. The molecule has 0 spiro atoms. The quantitative estimate of drug-likeness (QED) is 0.756. The van der Waals surface area contributed by atoms with Gasteiger partial charge in [0.25, 0.3) is 0 Å². The first-order valence-electron chi connectivity index (χ1n) is 6.38. The molecule has 0 saturated carbocycles. The van der Waals surface area contributed by atoms with Crippen molar-refractivity contribution >= 4 is 0 Å². The van der Waals surface area contributed by atoms with Gasteiger partial charge in [-0.3, -0.25) is 0 Å². The number of nitrogens with one attached hydrogen (secondary N) is 1. The molecular weight excluding hydrogens is 244 g/mol. The Labute approximate surface area is 115 Å². The molecule has 1 aromatic rings. The minimum Gasteiger partial charge on any atom is -0.481 e. The fourth-order valence-corrected chi connectivity index (χ4v) is 1.71. The van der Waals surface area contributed by atoms with Crippen LogP contribution in [0.25, 0.3) is 0 Å². The van der Waals surface area contributed by atoms with E-state index in [4.69, 9.17) is 9.47 Å². The van der Waals surface area contributed by atoms with E-state index in [9.17, 15) is 0 Å². The Morgan fingerprint density at radius 2 is 1.79 bits per heavy atom. The van der Waals surface area contributed by atoms with Gasteiger partial charge in [-0.15, -0.1) is 0 Å². The maximum Gasteiger partial charge on any atom is 0.224 e. The predicted molar refractivity (Wildman–Crippen MR) is 74.6 cm³/mol. The lowest BCUT2D eigenvalue weighted by Gasteiger charge is -2.18. The van der Waals surface area contributed by atoms with E-state index in [1.54, 1.807) is 14.2 Å². The number of aromatic nitrogens is 2. The van der Waals surface area contributed by atoms with Crippen LogP contribution in [0, 0.1) is 0 Å². The molecular formula is C13H24N4O2. The van der Waals surface area contributed by atoms with Crippen LogP contribution in [0.2, 0.25) is 0 Å². The summed E-state index contributed by atoms with van der Waals surface area (Å²) in [5.74, 6) is 1.11. The molecule has 6 heteroatoms. The Morgan fingerprint density at radius 3 is 2.26 bits per heavy atom. The highest BCUT2D eigenvalue weighted by atomic mass is 16.5. The molecule has 1 unspecified atom stereocenters. The highest BCUT2D eigenvalue weighted by Crippen LogP contribution is 2.23. The zero-order valence-electron chi connectivity index (χ0n) is 12.4. The van der Waals surface area contributed by atoms with E-state index in [0.717, 1.165) is 18.5 Å². The Hall–Kier alpha value is -1.40. The van der Waals surface area contributed by atoms with Crippen molar-refractivity contribution in [3.63, 3.8) is 0 Å². The monoisotopic (exact) mass is 268 g/mol. The molecule has 19 heavy (non-hydrogen) atoms. The van der Waals surface area contributed by atoms with Gasteiger partial charge < -0.3 is 19.7 Å². The summed E-state index contributed by atoms with van der Waals surface area (Å²) in [5, 5.41) is 3.44. The topological polar surface area (TPSA) is 59.5 Å². The van der Waals surface area contributed by atoms with Crippen LogP contribution in [0.3, 0.4) is 0 Å². The van der Waals surface area contributed by atoms with Crippen molar-refractivity contribution in [2.45, 2.75) is 25.9 Å². The average Bonchev–Trinajstić information content (AvgIpc) is 2.42. The SMILES string of the molecule is COc1ncnc(OC)c1CNC(C)CCN(C)C. The fourth-order valence-electron chi connectivity index (χ4n) is 1.71. The van der Waals surface area contributed by atoms with Crippen LogP contribution in [0.5, 0.6) is 11.8 Å². The van der Waals surface area contributed by atoms with Gasteiger partial charge in [0.05, 0.1) is 19.8 Å². The summed E-state index contributed by atoms with van der Waals surface area (Å²) in [7, 11) is 7.34. The van der Waals surface area contributed by atoms with Crippen molar-refractivity contribution in [2.24, 2.45) is 0 Å². The first kappa shape index (κ1) is 15.7. The van der Waals surface area contributed by atoms with Crippen molar-refractivity contribution in [2.75, 3.05) is 34.9 Å². The largest absolute Gasteiger partial charge is 0.481 e. The van der Waals surface area contributed by atoms with Gasteiger partial charge in [0.15, 0.2) is 0 Å². The zero-order valence-corrected chi connectivity index (χ0v) is 12.4. The molecule has 0 fully saturated rings.